The molecule has 4 heterocycles. The molecule has 0 unspecified atom stereocenters. The number of nitrogens with one attached hydrogen (secondary N) is 1. The van der Waals surface area contributed by atoms with Gasteiger partial charge in [0.25, 0.3) is 0 Å². The number of carbonyl (C=O) groups is 2. The first kappa shape index (κ1) is 25.2. The SMILES string of the molecule is O=CC1CCN(c2ccc(-c3cnc4[nH]cc(C(=O)c5c(F)ccc(N6CC[C@@H](F)C6)c5F)c4c3)cc2)CC1. The predicted molar refractivity (Wildman–Crippen MR) is 144 cm³/mol. The van der Waals surface area contributed by atoms with Gasteiger partial charge in [0.05, 0.1) is 11.3 Å². The normalized spacial score (nSPS) is 18.2. The number of pyridine rings is 1. The molecule has 2 fully saturated rings. The van der Waals surface area contributed by atoms with Crippen molar-refractivity contribution in [1.29, 1.82) is 0 Å². The fraction of sp³-hybridized carbons (Fsp3) is 0.300. The Morgan fingerprint density at radius 3 is 2.41 bits per heavy atom. The quantitative estimate of drug-likeness (QED) is 0.255. The van der Waals surface area contributed by atoms with Gasteiger partial charge in [-0.1, -0.05) is 12.1 Å². The number of benzene rings is 2. The van der Waals surface area contributed by atoms with Crippen molar-refractivity contribution >= 4 is 34.5 Å². The van der Waals surface area contributed by atoms with Gasteiger partial charge < -0.3 is 19.6 Å². The van der Waals surface area contributed by atoms with Crippen molar-refractivity contribution in [2.45, 2.75) is 25.4 Å². The largest absolute Gasteiger partial charge is 0.371 e. The highest BCUT2D eigenvalue weighted by atomic mass is 19.1. The molecule has 39 heavy (non-hydrogen) atoms. The van der Waals surface area contributed by atoms with E-state index in [9.17, 15) is 18.4 Å². The number of nitrogens with zero attached hydrogens (tertiary/aromatic N) is 3. The number of halogens is 3. The van der Waals surface area contributed by atoms with E-state index >= 15 is 4.39 Å². The van der Waals surface area contributed by atoms with E-state index in [0.717, 1.165) is 55.1 Å². The van der Waals surface area contributed by atoms with Gasteiger partial charge in [-0.05, 0) is 55.2 Å². The maximum absolute atomic E-state index is 15.5. The lowest BCUT2D eigenvalue weighted by Crippen LogP contribution is -2.33. The summed E-state index contributed by atoms with van der Waals surface area (Å²) in [5.74, 6) is -2.63. The highest BCUT2D eigenvalue weighted by molar-refractivity contribution is 6.16. The van der Waals surface area contributed by atoms with Crippen LogP contribution in [-0.4, -0.2) is 54.4 Å². The van der Waals surface area contributed by atoms with E-state index in [0.29, 0.717) is 17.6 Å². The van der Waals surface area contributed by atoms with Crippen molar-refractivity contribution in [3.8, 4) is 11.1 Å². The zero-order chi connectivity index (χ0) is 27.1. The Labute approximate surface area is 223 Å². The first-order valence-corrected chi connectivity index (χ1v) is 13.1. The molecule has 1 N–H and O–H groups in total. The van der Waals surface area contributed by atoms with Crippen molar-refractivity contribution in [2.24, 2.45) is 5.92 Å². The van der Waals surface area contributed by atoms with E-state index in [-0.39, 0.29) is 30.1 Å². The molecule has 2 aromatic heterocycles. The minimum Gasteiger partial charge on any atom is -0.371 e. The van der Waals surface area contributed by atoms with Gasteiger partial charge >= 0.3 is 0 Å². The van der Waals surface area contributed by atoms with Crippen molar-refractivity contribution in [3.63, 3.8) is 0 Å². The van der Waals surface area contributed by atoms with Gasteiger partial charge in [0.1, 0.15) is 23.9 Å². The lowest BCUT2D eigenvalue weighted by molar-refractivity contribution is -0.111. The number of piperidine rings is 1. The monoisotopic (exact) mass is 532 g/mol. The first-order valence-electron chi connectivity index (χ1n) is 13.1. The summed E-state index contributed by atoms with van der Waals surface area (Å²) in [5, 5.41) is 0.451. The maximum Gasteiger partial charge on any atom is 0.201 e. The summed E-state index contributed by atoms with van der Waals surface area (Å²) < 4.78 is 44.0. The molecule has 2 saturated heterocycles. The highest BCUT2D eigenvalue weighted by Gasteiger charge is 2.29. The lowest BCUT2D eigenvalue weighted by atomic mass is 9.97. The number of aldehydes is 1. The standard InChI is InChI=1S/C30H27F3N4O2/c31-21-9-12-37(16-21)26-6-5-25(32)27(28(26)33)29(39)24-15-35-30-23(24)13-20(14-34-30)19-1-3-22(4-2-19)36-10-7-18(17-38)8-11-36/h1-6,13-15,17-18,21H,7-12,16H2,(H,34,35)/t21-/m1/s1. The van der Waals surface area contributed by atoms with Gasteiger partial charge in [0.2, 0.25) is 5.78 Å². The molecule has 2 aliphatic heterocycles. The molecule has 0 radical (unpaired) electrons. The molecule has 200 valence electrons. The summed E-state index contributed by atoms with van der Waals surface area (Å²) in [6.45, 7) is 1.96. The molecule has 4 aromatic rings. The molecular formula is C30H27F3N4O2. The average molecular weight is 533 g/mol. The number of fused-ring (bicyclic) bond motifs is 1. The molecule has 0 bridgehead atoms. The van der Waals surface area contributed by atoms with Crippen molar-refractivity contribution < 1.29 is 22.8 Å². The molecule has 2 aromatic carbocycles. The summed E-state index contributed by atoms with van der Waals surface area (Å²) in [4.78, 5) is 35.6. The minimum absolute atomic E-state index is 0.00631. The molecule has 1 atom stereocenters. The molecule has 0 saturated carbocycles. The molecule has 0 amide bonds. The van der Waals surface area contributed by atoms with E-state index in [1.807, 2.05) is 24.3 Å². The highest BCUT2D eigenvalue weighted by Crippen LogP contribution is 2.33. The average Bonchev–Trinajstić information content (AvgIpc) is 3.59. The Morgan fingerprint density at radius 1 is 0.974 bits per heavy atom. The summed E-state index contributed by atoms with van der Waals surface area (Å²) in [5.41, 5.74) is 2.59. The zero-order valence-corrected chi connectivity index (χ0v) is 21.2. The number of hydrogen-bond acceptors (Lipinski definition) is 5. The number of aromatic nitrogens is 2. The second kappa shape index (κ2) is 10.2. The molecule has 6 nitrogen and oxygen atoms in total. The number of aromatic amines is 1. The van der Waals surface area contributed by atoms with Crippen LogP contribution in [0.4, 0.5) is 24.5 Å². The van der Waals surface area contributed by atoms with Crippen molar-refractivity contribution in [3.05, 3.63) is 77.6 Å². The van der Waals surface area contributed by atoms with Gasteiger partial charge in [-0.3, -0.25) is 4.79 Å². The van der Waals surface area contributed by atoms with Crippen LogP contribution in [0.1, 0.15) is 35.2 Å². The van der Waals surface area contributed by atoms with Crippen LogP contribution in [0, 0.1) is 17.6 Å². The Bertz CT molecular complexity index is 1540. The predicted octanol–water partition coefficient (Wildman–Crippen LogP) is 5.70. The van der Waals surface area contributed by atoms with E-state index in [1.165, 1.54) is 17.2 Å². The van der Waals surface area contributed by atoms with Crippen LogP contribution in [0.2, 0.25) is 0 Å². The third-order valence-electron chi connectivity index (χ3n) is 7.84. The molecule has 0 aliphatic carbocycles. The molecule has 0 spiro atoms. The second-order valence-corrected chi connectivity index (χ2v) is 10.2. The van der Waals surface area contributed by atoms with Crippen LogP contribution in [0.25, 0.3) is 22.2 Å². The number of hydrogen-bond donors (Lipinski definition) is 1. The van der Waals surface area contributed by atoms with E-state index < -0.39 is 29.2 Å². The fourth-order valence-corrected chi connectivity index (χ4v) is 5.57. The molecular weight excluding hydrogens is 505 g/mol. The van der Waals surface area contributed by atoms with E-state index in [2.05, 4.69) is 14.9 Å². The number of anilines is 2. The third-order valence-corrected chi connectivity index (χ3v) is 7.84. The van der Waals surface area contributed by atoms with Gasteiger partial charge in [0.15, 0.2) is 5.82 Å². The number of carbonyl (C=O) groups excluding carboxylic acids is 2. The van der Waals surface area contributed by atoms with E-state index in [4.69, 9.17) is 0 Å². The smallest absolute Gasteiger partial charge is 0.201 e. The number of H-pyrrole nitrogens is 1. The Balaban J connectivity index is 1.29. The van der Waals surface area contributed by atoms with Gasteiger partial charge in [0, 0.05) is 66.7 Å². The summed E-state index contributed by atoms with van der Waals surface area (Å²) >= 11 is 0. The summed E-state index contributed by atoms with van der Waals surface area (Å²) in [7, 11) is 0. The number of alkyl halides is 1. The Morgan fingerprint density at radius 2 is 1.72 bits per heavy atom. The van der Waals surface area contributed by atoms with Crippen LogP contribution in [0.15, 0.2) is 54.9 Å². The van der Waals surface area contributed by atoms with Crippen LogP contribution >= 0.6 is 0 Å². The van der Waals surface area contributed by atoms with Gasteiger partial charge in [-0.25, -0.2) is 18.2 Å². The molecule has 6 rings (SSSR count). The van der Waals surface area contributed by atoms with Crippen molar-refractivity contribution in [1.82, 2.24) is 9.97 Å². The van der Waals surface area contributed by atoms with Crippen LogP contribution in [-0.2, 0) is 4.79 Å². The third kappa shape index (κ3) is 4.66. The first-order chi connectivity index (χ1) is 18.9. The Hall–Kier alpha value is -4.14. The topological polar surface area (TPSA) is 69.3 Å². The van der Waals surface area contributed by atoms with Crippen LogP contribution in [0.3, 0.4) is 0 Å². The van der Waals surface area contributed by atoms with E-state index in [1.54, 1.807) is 12.3 Å². The lowest BCUT2D eigenvalue weighted by Gasteiger charge is -2.31. The summed E-state index contributed by atoms with van der Waals surface area (Å²) in [6.07, 6.45) is 4.99. The van der Waals surface area contributed by atoms with Gasteiger partial charge in [-0.2, -0.15) is 0 Å². The summed E-state index contributed by atoms with van der Waals surface area (Å²) in [6, 6.07) is 12.1. The fourth-order valence-electron chi connectivity index (χ4n) is 5.57. The molecule has 2 aliphatic rings. The van der Waals surface area contributed by atoms with Crippen LogP contribution in [0.5, 0.6) is 0 Å². The maximum atomic E-state index is 15.5. The van der Waals surface area contributed by atoms with Crippen molar-refractivity contribution in [2.75, 3.05) is 36.0 Å². The van der Waals surface area contributed by atoms with Gasteiger partial charge in [-0.15, -0.1) is 0 Å². The number of rotatable bonds is 6. The number of ketones is 1. The zero-order valence-electron chi connectivity index (χ0n) is 21.2. The second-order valence-electron chi connectivity index (χ2n) is 10.2. The molecule has 9 heteroatoms. The minimum atomic E-state index is -1.09. The van der Waals surface area contributed by atoms with Crippen LogP contribution < -0.4 is 9.80 Å². The Kier molecular flexibility index (Phi) is 6.58.